The molecule has 0 amide bonds. The second kappa shape index (κ2) is 20.4. The van der Waals surface area contributed by atoms with Crippen molar-refractivity contribution in [3.05, 3.63) is 317 Å². The minimum atomic E-state index is -0.510. The standard InChI is InChI=1S/C37H22N2O.C31H27BO3.C12H7ClN2/c1-3-13-28-25(10-1)26-11-2-4-14-29(26)37(28)30-15-5-6-17-33(30)40-36-27(12-7-16-31(36)37)32-21-20-24-19-18-23-9-8-22-38-34(23)35(24)39-32;1-29(2)30(3,4)35-32(34-29)26-18-11-17-25-28(26)33-27-19-10-9-16-24(27)31(25)22-14-7-5-12-20(22)21-13-6-8-15-23(21)31;13-10-6-5-9-4-3-8-2-1-7-14-11(8)12(9)15-10/h1-22H;5-19H,1-4H3;1-7H. The van der Waals surface area contributed by atoms with Crippen molar-refractivity contribution in [2.24, 2.45) is 0 Å². The Bertz CT molecular complexity index is 5190. The van der Waals surface area contributed by atoms with Gasteiger partial charge in [0.05, 0.1) is 49.8 Å². The summed E-state index contributed by atoms with van der Waals surface area (Å²) in [6.45, 7) is 8.35. The molecule has 4 aromatic heterocycles. The molecular formula is C80H56BClN4O4. The van der Waals surface area contributed by atoms with Gasteiger partial charge in [-0.25, -0.2) is 9.97 Å². The fourth-order valence-electron chi connectivity index (χ4n) is 14.7. The van der Waals surface area contributed by atoms with E-state index in [1.54, 1.807) is 12.3 Å². The molecule has 14 aromatic rings. The highest BCUT2D eigenvalue weighted by atomic mass is 35.5. The van der Waals surface area contributed by atoms with E-state index in [4.69, 9.17) is 35.4 Å². The van der Waals surface area contributed by atoms with Gasteiger partial charge in [-0.3, -0.25) is 9.97 Å². The second-order valence-corrected chi connectivity index (χ2v) is 25.0. The fraction of sp³-hybridized carbons (Fsp3) is 0.100. The van der Waals surface area contributed by atoms with Crippen LogP contribution < -0.4 is 14.9 Å². The summed E-state index contributed by atoms with van der Waals surface area (Å²) >= 11 is 5.88. The van der Waals surface area contributed by atoms with E-state index in [-0.39, 0.29) is 0 Å². The number of fused-ring (bicyclic) bond motifs is 24. The molecule has 0 bridgehead atoms. The lowest BCUT2D eigenvalue weighted by Crippen LogP contribution is -2.41. The number of pyridine rings is 4. The third-order valence-corrected chi connectivity index (χ3v) is 19.6. The highest BCUT2D eigenvalue weighted by Crippen LogP contribution is 2.64. The van der Waals surface area contributed by atoms with Crippen molar-refractivity contribution < 1.29 is 18.8 Å². The van der Waals surface area contributed by atoms with Crippen molar-refractivity contribution >= 4 is 67.8 Å². The third-order valence-electron chi connectivity index (χ3n) is 19.4. The number of hydrogen-bond donors (Lipinski definition) is 0. The Balaban J connectivity index is 0.000000114. The van der Waals surface area contributed by atoms with Crippen molar-refractivity contribution in [3.63, 3.8) is 0 Å². The van der Waals surface area contributed by atoms with Crippen LogP contribution in [0.5, 0.6) is 23.0 Å². The predicted octanol–water partition coefficient (Wildman–Crippen LogP) is 18.8. The highest BCUT2D eigenvalue weighted by Gasteiger charge is 2.56. The topological polar surface area (TPSA) is 88.5 Å². The Morgan fingerprint density at radius 1 is 0.322 bits per heavy atom. The van der Waals surface area contributed by atoms with Gasteiger partial charge in [-0.1, -0.05) is 218 Å². The summed E-state index contributed by atoms with van der Waals surface area (Å²) in [5, 5.41) is 4.80. The zero-order valence-corrected chi connectivity index (χ0v) is 50.5. The quantitative estimate of drug-likeness (QED) is 0.0961. The molecule has 10 heteroatoms. The lowest BCUT2D eigenvalue weighted by atomic mass is 9.64. The molecule has 0 radical (unpaired) electrons. The molecule has 1 fully saturated rings. The molecule has 3 aliphatic heterocycles. The van der Waals surface area contributed by atoms with Crippen LogP contribution >= 0.6 is 11.6 Å². The van der Waals surface area contributed by atoms with E-state index in [0.29, 0.717) is 5.15 Å². The fourth-order valence-corrected chi connectivity index (χ4v) is 14.9. The normalized spacial score (nSPS) is 15.6. The summed E-state index contributed by atoms with van der Waals surface area (Å²) in [6.07, 6.45) is 3.60. The number of nitrogens with zero attached hydrogens (tertiary/aromatic N) is 4. The minimum Gasteiger partial charge on any atom is -0.457 e. The summed E-state index contributed by atoms with van der Waals surface area (Å²) in [7, 11) is -0.510. The van der Waals surface area contributed by atoms with E-state index in [0.717, 1.165) is 100 Å². The Kier molecular flexibility index (Phi) is 12.2. The molecule has 2 spiro atoms. The molecular weight excluding hydrogens is 1130 g/mol. The van der Waals surface area contributed by atoms with E-state index < -0.39 is 29.2 Å². The van der Waals surface area contributed by atoms with Gasteiger partial charge < -0.3 is 18.8 Å². The van der Waals surface area contributed by atoms with Gasteiger partial charge in [0.25, 0.3) is 0 Å². The van der Waals surface area contributed by atoms with E-state index in [1.165, 1.54) is 50.1 Å². The predicted molar refractivity (Wildman–Crippen MR) is 361 cm³/mol. The van der Waals surface area contributed by atoms with Gasteiger partial charge >= 0.3 is 7.12 Å². The van der Waals surface area contributed by atoms with Crippen molar-refractivity contribution in [3.8, 4) is 56.5 Å². The van der Waals surface area contributed by atoms with Gasteiger partial charge in [0.1, 0.15) is 28.2 Å². The first-order valence-electron chi connectivity index (χ1n) is 30.5. The maximum Gasteiger partial charge on any atom is 0.498 e. The van der Waals surface area contributed by atoms with Crippen LogP contribution in [0, 0.1) is 0 Å². The lowest BCUT2D eigenvalue weighted by Gasteiger charge is -2.40. The maximum absolute atomic E-state index is 6.82. The maximum atomic E-state index is 6.82. The molecule has 10 aromatic carbocycles. The van der Waals surface area contributed by atoms with E-state index in [9.17, 15) is 0 Å². The smallest absolute Gasteiger partial charge is 0.457 e. The van der Waals surface area contributed by atoms with Crippen LogP contribution in [-0.4, -0.2) is 38.3 Å². The van der Waals surface area contributed by atoms with E-state index >= 15 is 0 Å². The van der Waals surface area contributed by atoms with Crippen LogP contribution in [0.3, 0.4) is 0 Å². The van der Waals surface area contributed by atoms with Crippen molar-refractivity contribution in [1.82, 2.24) is 19.9 Å². The molecule has 8 nitrogen and oxygen atoms in total. The van der Waals surface area contributed by atoms with Gasteiger partial charge in [0, 0.05) is 67.2 Å². The summed E-state index contributed by atoms with van der Waals surface area (Å²) in [4.78, 5) is 18.5. The Morgan fingerprint density at radius 2 is 0.700 bits per heavy atom. The molecule has 0 unspecified atom stereocenters. The number of benzene rings is 10. The molecule has 2 aliphatic carbocycles. The monoisotopic (exact) mass is 1180 g/mol. The van der Waals surface area contributed by atoms with Crippen LogP contribution in [0.1, 0.15) is 72.2 Å². The average molecular weight is 1180 g/mol. The van der Waals surface area contributed by atoms with Gasteiger partial charge in [0.2, 0.25) is 0 Å². The number of para-hydroxylation sites is 4. The molecule has 0 saturated carbocycles. The van der Waals surface area contributed by atoms with Crippen molar-refractivity contribution in [2.45, 2.75) is 49.7 Å². The summed E-state index contributed by atoms with van der Waals surface area (Å²) in [5.41, 5.74) is 19.3. The number of rotatable bonds is 2. The summed E-state index contributed by atoms with van der Waals surface area (Å²) in [5.74, 6) is 3.43. The van der Waals surface area contributed by atoms with Crippen LogP contribution in [0.15, 0.2) is 267 Å². The number of ether oxygens (including phenoxy) is 2. The second-order valence-electron chi connectivity index (χ2n) is 24.6. The first-order chi connectivity index (χ1) is 44.0. The Labute approximate surface area is 526 Å². The zero-order valence-electron chi connectivity index (χ0n) is 49.8. The van der Waals surface area contributed by atoms with Crippen molar-refractivity contribution in [2.75, 3.05) is 0 Å². The van der Waals surface area contributed by atoms with Crippen LogP contribution in [-0.2, 0) is 20.1 Å². The van der Waals surface area contributed by atoms with Gasteiger partial charge in [-0.05, 0) is 121 Å². The molecule has 0 N–H and O–H groups in total. The molecule has 90 heavy (non-hydrogen) atoms. The summed E-state index contributed by atoms with van der Waals surface area (Å²) in [6, 6.07) is 89.2. The summed E-state index contributed by atoms with van der Waals surface area (Å²) < 4.78 is 26.5. The van der Waals surface area contributed by atoms with Gasteiger partial charge in [0.15, 0.2) is 0 Å². The van der Waals surface area contributed by atoms with Crippen LogP contribution in [0.2, 0.25) is 5.15 Å². The van der Waals surface area contributed by atoms with Gasteiger partial charge in [-0.2, -0.15) is 0 Å². The molecule has 1 saturated heterocycles. The van der Waals surface area contributed by atoms with Crippen LogP contribution in [0.4, 0.5) is 0 Å². The first kappa shape index (κ1) is 53.9. The van der Waals surface area contributed by atoms with E-state index in [2.05, 4.69) is 249 Å². The molecule has 5 aliphatic rings. The first-order valence-corrected chi connectivity index (χ1v) is 30.9. The third kappa shape index (κ3) is 7.89. The SMILES string of the molecule is CC1(C)OB(c2cccc3c2Oc2ccccc2C32c3ccccc3-c3ccccc32)OC1(C)C.Clc1ccc2ccc3cccnc3c2n1.c1ccc2c(c1)Oc1c(-c3ccc4ccc5cccnc5c4n3)cccc1C21c2ccccc2-c2ccccc21. The minimum absolute atomic E-state index is 0.433. The number of aromatic nitrogens is 4. The van der Waals surface area contributed by atoms with Crippen LogP contribution in [0.25, 0.3) is 77.1 Å². The zero-order chi connectivity index (χ0) is 60.5. The number of hydrogen-bond acceptors (Lipinski definition) is 8. The van der Waals surface area contributed by atoms with E-state index in [1.807, 2.05) is 48.7 Å². The van der Waals surface area contributed by atoms with Gasteiger partial charge in [-0.15, -0.1) is 0 Å². The Morgan fingerprint density at radius 3 is 1.21 bits per heavy atom. The molecule has 430 valence electrons. The molecule has 0 atom stereocenters. The Hall–Kier alpha value is -10.3. The number of halogens is 1. The lowest BCUT2D eigenvalue weighted by molar-refractivity contribution is 0.00578. The molecule has 19 rings (SSSR count). The molecule has 7 heterocycles. The highest BCUT2D eigenvalue weighted by molar-refractivity contribution is 6.63. The van der Waals surface area contributed by atoms with Crippen molar-refractivity contribution in [1.29, 1.82) is 0 Å². The largest absolute Gasteiger partial charge is 0.498 e. The average Bonchev–Trinajstić information content (AvgIpc) is 1.46.